The van der Waals surface area contributed by atoms with Gasteiger partial charge in [-0.15, -0.1) is 17.3 Å². The van der Waals surface area contributed by atoms with Crippen LogP contribution in [0.1, 0.15) is 46.0 Å². The fraction of sp³-hybridized carbons (Fsp3) is 0.472. The highest BCUT2D eigenvalue weighted by Gasteiger charge is 2.24. The standard InChI is InChI=1S/C36H48N8O7S2/c1-5-43-31(38-20-18-29(35(43)45)51-25-11-22-42(3)21-10-24-50-6-2)15-9-13-27-12-7-8-14-28(34(49-4)39-26-27)41-53(47,48)33-17-16-32(52-33)44-23-19-30(37)40-36(44)46/h9,15-19,23,26-27,41H,5-6,10-14,20-22,24-25H2,1-4H3,(H2,37,40,46)/b15-9-,34-28-,39-26-. The van der Waals surface area contributed by atoms with Crippen molar-refractivity contribution in [2.24, 2.45) is 15.9 Å². The largest absolute Gasteiger partial charge is 0.488 e. The first-order valence-corrected chi connectivity index (χ1v) is 19.7. The molecule has 2 aliphatic heterocycles. The van der Waals surface area contributed by atoms with Crippen molar-refractivity contribution >= 4 is 45.1 Å². The van der Waals surface area contributed by atoms with E-state index >= 15 is 0 Å². The van der Waals surface area contributed by atoms with Gasteiger partial charge in [-0.05, 0) is 70.5 Å². The van der Waals surface area contributed by atoms with Crippen molar-refractivity contribution in [1.82, 2.24) is 24.1 Å². The number of anilines is 1. The van der Waals surface area contributed by atoms with Crippen LogP contribution in [0.5, 0.6) is 0 Å². The summed E-state index contributed by atoms with van der Waals surface area (Å²) in [6.45, 7) is 8.32. The summed E-state index contributed by atoms with van der Waals surface area (Å²) in [5, 5.41) is 0.359. The highest BCUT2D eigenvalue weighted by atomic mass is 32.2. The first-order valence-electron chi connectivity index (χ1n) is 17.4. The Bertz CT molecular complexity index is 1950. The lowest BCUT2D eigenvalue weighted by atomic mass is 10.0. The molecule has 2 aromatic rings. The summed E-state index contributed by atoms with van der Waals surface area (Å²) in [5.74, 6) is 6.76. The molecule has 4 heterocycles. The summed E-state index contributed by atoms with van der Waals surface area (Å²) in [6.07, 6.45) is 11.4. The molecule has 0 radical (unpaired) electrons. The number of nitrogens with zero attached hydrogens (tertiary/aromatic N) is 6. The molecule has 0 saturated heterocycles. The Labute approximate surface area is 315 Å². The number of likely N-dealkylation sites (N-methyl/N-ethyl adjacent to an activating group) is 1. The number of nitrogens with two attached hydrogens (primary N) is 1. The van der Waals surface area contributed by atoms with Gasteiger partial charge in [-0.2, -0.15) is 4.98 Å². The second-order valence-electron chi connectivity index (χ2n) is 12.0. The highest BCUT2D eigenvalue weighted by molar-refractivity contribution is 7.91. The minimum absolute atomic E-state index is 0.0264. The molecule has 0 aromatic carbocycles. The normalized spacial score (nSPS) is 18.7. The molecule has 286 valence electrons. The fourth-order valence-corrected chi connectivity index (χ4v) is 7.64. The summed E-state index contributed by atoms with van der Waals surface area (Å²) < 4.78 is 47.3. The van der Waals surface area contributed by atoms with E-state index in [0.717, 1.165) is 50.5 Å². The van der Waals surface area contributed by atoms with E-state index in [0.29, 0.717) is 49.1 Å². The maximum Gasteiger partial charge on any atom is 0.354 e. The van der Waals surface area contributed by atoms with E-state index in [1.165, 1.54) is 36.1 Å². The number of hydrogen-bond donors (Lipinski definition) is 2. The van der Waals surface area contributed by atoms with Crippen molar-refractivity contribution < 1.29 is 27.4 Å². The predicted molar refractivity (Wildman–Crippen MR) is 206 cm³/mol. The number of thiophene rings is 1. The molecule has 1 unspecified atom stereocenters. The number of amidine groups is 1. The molecule has 2 aromatic heterocycles. The number of sulfonamides is 1. The SMILES string of the molecule is CCOCCCN(C)CCCOC1=CCN=C(/C=C\CC2/C=N\C(OC)=C(\NS(=O)(=O)c3ccc(-n4ccc(N)nc4=O)s3)CC#CC2)N(CC)C1=O. The number of allylic oxidation sites excluding steroid dienone is 2. The Kier molecular flexibility index (Phi) is 15.8. The monoisotopic (exact) mass is 768 g/mol. The Morgan fingerprint density at radius 3 is 2.68 bits per heavy atom. The zero-order valence-electron chi connectivity index (χ0n) is 30.6. The molecular weight excluding hydrogens is 721 g/mol. The third-order valence-corrected chi connectivity index (χ3v) is 11.0. The average Bonchev–Trinajstić information content (AvgIpc) is 3.60. The topological polar surface area (TPSA) is 183 Å². The average molecular weight is 769 g/mol. The van der Waals surface area contributed by atoms with Crippen molar-refractivity contribution in [3.05, 3.63) is 70.4 Å². The van der Waals surface area contributed by atoms with Gasteiger partial charge in [0.05, 0.1) is 32.4 Å². The van der Waals surface area contributed by atoms with Gasteiger partial charge in [0.1, 0.15) is 20.9 Å². The van der Waals surface area contributed by atoms with Crippen LogP contribution in [0.2, 0.25) is 0 Å². The van der Waals surface area contributed by atoms with E-state index < -0.39 is 15.7 Å². The Balaban J connectivity index is 1.34. The third kappa shape index (κ3) is 12.1. The summed E-state index contributed by atoms with van der Waals surface area (Å²) in [7, 11) is -0.603. The summed E-state index contributed by atoms with van der Waals surface area (Å²) >= 11 is 0.893. The molecule has 1 atom stereocenters. The van der Waals surface area contributed by atoms with Crippen LogP contribution in [0.3, 0.4) is 0 Å². The Hall–Kier alpha value is -4.76. The minimum atomic E-state index is -4.07. The summed E-state index contributed by atoms with van der Waals surface area (Å²) in [4.78, 5) is 42.2. The molecule has 2 aliphatic rings. The van der Waals surface area contributed by atoms with Crippen LogP contribution in [0.4, 0.5) is 5.82 Å². The quantitative estimate of drug-likeness (QED) is 0.159. The van der Waals surface area contributed by atoms with Crippen LogP contribution in [0, 0.1) is 17.8 Å². The first kappa shape index (κ1) is 41.0. The smallest absolute Gasteiger partial charge is 0.354 e. The van der Waals surface area contributed by atoms with Gasteiger partial charge >= 0.3 is 5.69 Å². The predicted octanol–water partition coefficient (Wildman–Crippen LogP) is 3.31. The van der Waals surface area contributed by atoms with E-state index in [-0.39, 0.29) is 39.9 Å². The second kappa shape index (κ2) is 20.5. The van der Waals surface area contributed by atoms with E-state index in [9.17, 15) is 18.0 Å². The van der Waals surface area contributed by atoms with Crippen LogP contribution in [0.25, 0.3) is 5.00 Å². The lowest BCUT2D eigenvalue weighted by Crippen LogP contribution is -2.36. The van der Waals surface area contributed by atoms with Gasteiger partial charge in [0.25, 0.3) is 15.9 Å². The van der Waals surface area contributed by atoms with Crippen molar-refractivity contribution in [3.63, 3.8) is 0 Å². The van der Waals surface area contributed by atoms with Crippen LogP contribution in [0.15, 0.2) is 79.0 Å². The molecule has 0 saturated carbocycles. The number of aliphatic imine (C=N–C) groups is 2. The number of hydrogen-bond acceptors (Lipinski definition) is 13. The van der Waals surface area contributed by atoms with Gasteiger partial charge in [-0.3, -0.25) is 24.0 Å². The lowest BCUT2D eigenvalue weighted by molar-refractivity contribution is -0.126. The maximum atomic E-state index is 13.4. The van der Waals surface area contributed by atoms with Crippen LogP contribution >= 0.6 is 11.3 Å². The number of carbonyl (C=O) groups is 1. The van der Waals surface area contributed by atoms with E-state index in [2.05, 4.69) is 43.5 Å². The van der Waals surface area contributed by atoms with Crippen molar-refractivity contribution in [1.29, 1.82) is 0 Å². The Morgan fingerprint density at radius 1 is 1.15 bits per heavy atom. The molecule has 0 aliphatic carbocycles. The van der Waals surface area contributed by atoms with Crippen LogP contribution in [-0.4, -0.2) is 106 Å². The van der Waals surface area contributed by atoms with Gasteiger partial charge in [-0.1, -0.05) is 12.0 Å². The van der Waals surface area contributed by atoms with Crippen LogP contribution < -0.4 is 16.1 Å². The molecule has 0 bridgehead atoms. The first-order chi connectivity index (χ1) is 25.6. The van der Waals surface area contributed by atoms with Gasteiger partial charge in [-0.25, -0.2) is 18.2 Å². The number of amides is 1. The van der Waals surface area contributed by atoms with E-state index in [1.807, 2.05) is 26.0 Å². The summed E-state index contributed by atoms with van der Waals surface area (Å²) in [5.41, 5.74) is 5.12. The van der Waals surface area contributed by atoms with Crippen molar-refractivity contribution in [2.45, 2.75) is 50.2 Å². The number of nitrogens with one attached hydrogen (secondary N) is 1. The van der Waals surface area contributed by atoms with Gasteiger partial charge in [0.2, 0.25) is 5.88 Å². The Morgan fingerprint density at radius 2 is 1.94 bits per heavy atom. The molecule has 0 fully saturated rings. The molecule has 0 spiro atoms. The van der Waals surface area contributed by atoms with Gasteiger partial charge in [0.15, 0.2) is 5.76 Å². The molecule has 4 rings (SSSR count). The second-order valence-corrected chi connectivity index (χ2v) is 14.9. The molecular formula is C36H48N8O7S2. The zero-order chi connectivity index (χ0) is 38.2. The maximum absolute atomic E-state index is 13.4. The van der Waals surface area contributed by atoms with Crippen LogP contribution in [-0.2, 0) is 29.0 Å². The fourth-order valence-electron chi connectivity index (χ4n) is 5.27. The molecule has 15 nitrogen and oxygen atoms in total. The van der Waals surface area contributed by atoms with Gasteiger partial charge < -0.3 is 24.8 Å². The number of carbonyl (C=O) groups excluding carboxylic acids is 1. The molecule has 53 heavy (non-hydrogen) atoms. The highest BCUT2D eigenvalue weighted by Crippen LogP contribution is 2.26. The van der Waals surface area contributed by atoms with E-state index in [4.69, 9.17) is 19.9 Å². The molecule has 3 N–H and O–H groups in total. The lowest BCUT2D eigenvalue weighted by Gasteiger charge is -2.21. The van der Waals surface area contributed by atoms with Gasteiger partial charge in [0, 0.05) is 57.6 Å². The van der Waals surface area contributed by atoms with E-state index in [1.54, 1.807) is 17.2 Å². The molecule has 1 amide bonds. The summed E-state index contributed by atoms with van der Waals surface area (Å²) in [6, 6.07) is 4.36. The number of aromatic nitrogens is 2. The minimum Gasteiger partial charge on any atom is -0.488 e. The number of methoxy groups -OCH3 is 1. The number of nitrogen functional groups attached to an aromatic ring is 1. The molecule has 17 heteroatoms. The zero-order valence-corrected chi connectivity index (χ0v) is 32.2. The van der Waals surface area contributed by atoms with Crippen molar-refractivity contribution in [2.75, 3.05) is 65.9 Å². The third-order valence-electron chi connectivity index (χ3n) is 8.02. The number of rotatable bonds is 19. The van der Waals surface area contributed by atoms with Crippen molar-refractivity contribution in [3.8, 4) is 16.8 Å². The number of ether oxygens (including phenoxy) is 3.